The molecule has 1 fully saturated rings. The Kier molecular flexibility index (Phi) is 1.80. The van der Waals surface area contributed by atoms with E-state index in [1.165, 1.54) is 6.20 Å². The van der Waals surface area contributed by atoms with E-state index in [-0.39, 0.29) is 23.3 Å². The fourth-order valence-corrected chi connectivity index (χ4v) is 3.29. The Morgan fingerprint density at radius 3 is 2.85 bits per heavy atom. The monoisotopic (exact) mass is 202 g/mol. The summed E-state index contributed by atoms with van der Waals surface area (Å²) in [5.74, 6) is 0.836. The highest BCUT2D eigenvalue weighted by Crippen LogP contribution is 2.27. The number of aromatic amines is 1. The van der Waals surface area contributed by atoms with E-state index in [1.54, 1.807) is 0 Å². The molecule has 1 atom stereocenters. The van der Waals surface area contributed by atoms with Crippen LogP contribution in [-0.2, 0) is 9.84 Å². The fraction of sp³-hybridized carbons (Fsp3) is 0.571. The summed E-state index contributed by atoms with van der Waals surface area (Å²) in [6.07, 6.45) is 1.88. The number of hydrogen-bond donors (Lipinski definition) is 2. The first kappa shape index (κ1) is 8.55. The summed E-state index contributed by atoms with van der Waals surface area (Å²) in [7, 11) is -2.88. The van der Waals surface area contributed by atoms with Gasteiger partial charge in [0.25, 0.3) is 0 Å². The molecule has 0 radical (unpaired) electrons. The van der Waals surface area contributed by atoms with Crippen LogP contribution in [0.3, 0.4) is 0 Å². The van der Waals surface area contributed by atoms with Gasteiger partial charge in [-0.05, 0) is 6.42 Å². The molecule has 1 aliphatic heterocycles. The third-order valence-corrected chi connectivity index (χ3v) is 3.97. The summed E-state index contributed by atoms with van der Waals surface area (Å²) in [5.41, 5.74) is 0. The lowest BCUT2D eigenvalue weighted by Crippen LogP contribution is -2.04. The Balaban J connectivity index is 2.21. The Morgan fingerprint density at radius 2 is 2.38 bits per heavy atom. The van der Waals surface area contributed by atoms with Crippen LogP contribution in [0.15, 0.2) is 6.20 Å². The van der Waals surface area contributed by atoms with E-state index in [0.717, 1.165) is 0 Å². The van der Waals surface area contributed by atoms with Crippen LogP contribution in [0.2, 0.25) is 0 Å². The Labute approximate surface area is 75.7 Å². The Hall–Kier alpha value is -1.04. The zero-order valence-corrected chi connectivity index (χ0v) is 7.71. The number of hydrogen-bond acceptors (Lipinski definition) is 4. The second-order valence-electron chi connectivity index (χ2n) is 3.25. The standard InChI is InChI=1S/C7H10N2O3S/c10-6-3-8-7(9-6)5-1-2-13(11,12)4-5/h3,5,10H,1-2,4H2,(H,8,9). The van der Waals surface area contributed by atoms with Gasteiger partial charge in [0.1, 0.15) is 5.82 Å². The average Bonchev–Trinajstić information content (AvgIpc) is 2.56. The van der Waals surface area contributed by atoms with Crippen LogP contribution in [-0.4, -0.2) is 35.0 Å². The molecule has 6 heteroatoms. The minimum atomic E-state index is -2.88. The van der Waals surface area contributed by atoms with Crippen LogP contribution in [0.5, 0.6) is 5.88 Å². The molecule has 13 heavy (non-hydrogen) atoms. The van der Waals surface area contributed by atoms with Crippen molar-refractivity contribution < 1.29 is 13.5 Å². The molecule has 5 nitrogen and oxygen atoms in total. The number of rotatable bonds is 1. The van der Waals surface area contributed by atoms with Crippen LogP contribution >= 0.6 is 0 Å². The van der Waals surface area contributed by atoms with Crippen LogP contribution in [0.4, 0.5) is 0 Å². The summed E-state index contributed by atoms with van der Waals surface area (Å²) in [6.45, 7) is 0. The molecule has 0 aromatic carbocycles. The van der Waals surface area contributed by atoms with Gasteiger partial charge in [-0.25, -0.2) is 13.4 Å². The van der Waals surface area contributed by atoms with Gasteiger partial charge in [0.05, 0.1) is 17.7 Å². The van der Waals surface area contributed by atoms with Crippen molar-refractivity contribution in [3.05, 3.63) is 12.0 Å². The number of aromatic hydroxyl groups is 1. The number of nitrogens with one attached hydrogen (secondary N) is 1. The van der Waals surface area contributed by atoms with Gasteiger partial charge in [-0.15, -0.1) is 0 Å². The van der Waals surface area contributed by atoms with Crippen LogP contribution in [0, 0.1) is 0 Å². The summed E-state index contributed by atoms with van der Waals surface area (Å²) in [5, 5.41) is 8.98. The van der Waals surface area contributed by atoms with Gasteiger partial charge < -0.3 is 10.1 Å². The maximum Gasteiger partial charge on any atom is 0.208 e. The van der Waals surface area contributed by atoms with Gasteiger partial charge in [-0.2, -0.15) is 0 Å². The summed E-state index contributed by atoms with van der Waals surface area (Å²) < 4.78 is 22.2. The van der Waals surface area contributed by atoms with Crippen molar-refractivity contribution in [3.63, 3.8) is 0 Å². The van der Waals surface area contributed by atoms with E-state index in [9.17, 15) is 8.42 Å². The first-order valence-corrected chi connectivity index (χ1v) is 5.83. The Bertz CT molecular complexity index is 409. The highest BCUT2D eigenvalue weighted by Gasteiger charge is 2.30. The van der Waals surface area contributed by atoms with E-state index in [4.69, 9.17) is 5.11 Å². The molecule has 2 heterocycles. The van der Waals surface area contributed by atoms with Crippen LogP contribution < -0.4 is 0 Å². The lowest BCUT2D eigenvalue weighted by Gasteiger charge is -2.00. The molecule has 0 bridgehead atoms. The zero-order valence-electron chi connectivity index (χ0n) is 6.90. The molecule has 0 spiro atoms. The quantitative estimate of drug-likeness (QED) is 0.672. The van der Waals surface area contributed by atoms with E-state index in [1.807, 2.05) is 0 Å². The topological polar surface area (TPSA) is 83.1 Å². The maximum atomic E-state index is 11.1. The van der Waals surface area contributed by atoms with E-state index >= 15 is 0 Å². The van der Waals surface area contributed by atoms with Crippen molar-refractivity contribution in [1.82, 2.24) is 9.97 Å². The van der Waals surface area contributed by atoms with Gasteiger partial charge >= 0.3 is 0 Å². The van der Waals surface area contributed by atoms with E-state index in [0.29, 0.717) is 12.2 Å². The molecule has 0 saturated carbocycles. The summed E-state index contributed by atoms with van der Waals surface area (Å²) >= 11 is 0. The summed E-state index contributed by atoms with van der Waals surface area (Å²) in [4.78, 5) is 6.53. The molecule has 1 aromatic heterocycles. The molecule has 1 saturated heterocycles. The van der Waals surface area contributed by atoms with Crippen molar-refractivity contribution in [2.75, 3.05) is 11.5 Å². The number of sulfone groups is 1. The predicted octanol–water partition coefficient (Wildman–Crippen LogP) is 0.0174. The number of nitrogens with zero attached hydrogens (tertiary/aromatic N) is 1. The van der Waals surface area contributed by atoms with E-state index < -0.39 is 9.84 Å². The second-order valence-corrected chi connectivity index (χ2v) is 5.48. The number of H-pyrrole nitrogens is 1. The third kappa shape index (κ3) is 1.67. The molecule has 72 valence electrons. The van der Waals surface area contributed by atoms with Crippen molar-refractivity contribution in [3.8, 4) is 5.88 Å². The maximum absolute atomic E-state index is 11.1. The molecule has 0 aliphatic carbocycles. The fourth-order valence-electron chi connectivity index (χ4n) is 1.54. The van der Waals surface area contributed by atoms with Gasteiger partial charge in [0, 0.05) is 5.92 Å². The minimum absolute atomic E-state index is 0.0145. The van der Waals surface area contributed by atoms with Gasteiger partial charge in [0.2, 0.25) is 5.88 Å². The normalized spacial score (nSPS) is 26.3. The van der Waals surface area contributed by atoms with Crippen molar-refractivity contribution in [1.29, 1.82) is 0 Å². The zero-order chi connectivity index (χ0) is 9.47. The molecule has 1 unspecified atom stereocenters. The third-order valence-electron chi connectivity index (χ3n) is 2.20. The molecule has 0 amide bonds. The van der Waals surface area contributed by atoms with Gasteiger partial charge in [-0.3, -0.25) is 0 Å². The molecule has 1 aliphatic rings. The van der Waals surface area contributed by atoms with Gasteiger partial charge in [-0.1, -0.05) is 0 Å². The molecule has 1 aromatic rings. The minimum Gasteiger partial charge on any atom is -0.493 e. The van der Waals surface area contributed by atoms with Crippen molar-refractivity contribution in [2.24, 2.45) is 0 Å². The predicted molar refractivity (Wildman–Crippen MR) is 46.3 cm³/mol. The van der Waals surface area contributed by atoms with Crippen LogP contribution in [0.1, 0.15) is 18.2 Å². The van der Waals surface area contributed by atoms with Gasteiger partial charge in [0.15, 0.2) is 9.84 Å². The molecular formula is C7H10N2O3S. The second kappa shape index (κ2) is 2.73. The lowest BCUT2D eigenvalue weighted by atomic mass is 10.1. The number of imidazole rings is 1. The molecular weight excluding hydrogens is 192 g/mol. The van der Waals surface area contributed by atoms with Crippen molar-refractivity contribution >= 4 is 9.84 Å². The smallest absolute Gasteiger partial charge is 0.208 e. The van der Waals surface area contributed by atoms with E-state index in [2.05, 4.69) is 9.97 Å². The van der Waals surface area contributed by atoms with Crippen LogP contribution in [0.25, 0.3) is 0 Å². The Morgan fingerprint density at radius 1 is 1.62 bits per heavy atom. The summed E-state index contributed by atoms with van der Waals surface area (Å²) in [6, 6.07) is 0. The highest BCUT2D eigenvalue weighted by atomic mass is 32.2. The lowest BCUT2D eigenvalue weighted by molar-refractivity contribution is 0.454. The largest absolute Gasteiger partial charge is 0.493 e. The first-order chi connectivity index (χ1) is 6.07. The highest BCUT2D eigenvalue weighted by molar-refractivity contribution is 7.91. The molecule has 2 rings (SSSR count). The first-order valence-electron chi connectivity index (χ1n) is 4.01. The average molecular weight is 202 g/mol. The molecule has 2 N–H and O–H groups in total. The SMILES string of the molecule is O=S1(=O)CCC(c2ncc(O)[nH]2)C1. The number of aromatic nitrogens is 2. The van der Waals surface area contributed by atoms with Crippen molar-refractivity contribution in [2.45, 2.75) is 12.3 Å².